The first-order valence-corrected chi connectivity index (χ1v) is 6.49. The third kappa shape index (κ3) is 3.57. The molecule has 1 aliphatic heterocycles. The molecule has 3 N–H and O–H groups in total. The van der Waals surface area contributed by atoms with Crippen molar-refractivity contribution >= 4 is 17.8 Å². The summed E-state index contributed by atoms with van der Waals surface area (Å²) >= 11 is 0. The lowest BCUT2D eigenvalue weighted by atomic mass is 10.1. The molecule has 0 spiro atoms. The quantitative estimate of drug-likeness (QED) is 0.818. The van der Waals surface area contributed by atoms with Crippen LogP contribution in [0.4, 0.5) is 0 Å². The third-order valence-corrected chi connectivity index (χ3v) is 3.29. The van der Waals surface area contributed by atoms with Crippen LogP contribution in [0.1, 0.15) is 27.1 Å². The molecule has 1 saturated heterocycles. The molecule has 1 aromatic carbocycles. The predicted octanol–water partition coefficient (Wildman–Crippen LogP) is 0.101. The van der Waals surface area contributed by atoms with E-state index in [1.807, 2.05) is 0 Å². The third-order valence-electron chi connectivity index (χ3n) is 3.29. The Kier molecular flexibility index (Phi) is 4.54. The van der Waals surface area contributed by atoms with Crippen LogP contribution in [-0.4, -0.2) is 53.6 Å². The second-order valence-electron chi connectivity index (χ2n) is 4.77. The van der Waals surface area contributed by atoms with Crippen molar-refractivity contribution in [1.29, 1.82) is 0 Å². The van der Waals surface area contributed by atoms with E-state index in [2.05, 4.69) is 0 Å². The van der Waals surface area contributed by atoms with Crippen molar-refractivity contribution < 1.29 is 24.2 Å². The van der Waals surface area contributed by atoms with Crippen LogP contribution in [0.25, 0.3) is 0 Å². The fourth-order valence-electron chi connectivity index (χ4n) is 2.26. The Labute approximate surface area is 121 Å². The van der Waals surface area contributed by atoms with Crippen LogP contribution < -0.4 is 5.73 Å². The van der Waals surface area contributed by atoms with Crippen LogP contribution in [0.5, 0.6) is 0 Å². The zero-order valence-corrected chi connectivity index (χ0v) is 11.3. The van der Waals surface area contributed by atoms with Gasteiger partial charge in [-0.1, -0.05) is 6.07 Å². The fourth-order valence-corrected chi connectivity index (χ4v) is 2.26. The van der Waals surface area contributed by atoms with Crippen molar-refractivity contribution in [2.75, 3.05) is 19.8 Å². The molecule has 0 radical (unpaired) electrons. The lowest BCUT2D eigenvalue weighted by Gasteiger charge is -2.34. The lowest BCUT2D eigenvalue weighted by molar-refractivity contribution is -0.139. The van der Waals surface area contributed by atoms with Crippen molar-refractivity contribution in [2.45, 2.75) is 12.5 Å². The summed E-state index contributed by atoms with van der Waals surface area (Å²) in [5.74, 6) is -1.93. The Bertz CT molecular complexity index is 572. The molecule has 1 fully saturated rings. The molecule has 7 heteroatoms. The van der Waals surface area contributed by atoms with Gasteiger partial charge in [0.1, 0.15) is 0 Å². The monoisotopic (exact) mass is 292 g/mol. The summed E-state index contributed by atoms with van der Waals surface area (Å²) in [6.45, 7) is 0.864. The number of nitrogens with two attached hydrogens (primary N) is 1. The molecule has 112 valence electrons. The standard InChI is InChI=1S/C14H16N2O5/c15-13(19)9-2-1-3-10(6-9)14(20)16-4-5-21-8-11(16)7-12(17)18/h1-3,6,11H,4-5,7-8H2,(H2,15,19)(H,17,18). The Balaban J connectivity index is 2.22. The van der Waals surface area contributed by atoms with Gasteiger partial charge in [-0.15, -0.1) is 0 Å². The first-order chi connectivity index (χ1) is 9.99. The van der Waals surface area contributed by atoms with E-state index in [0.717, 1.165) is 0 Å². The molecule has 0 aromatic heterocycles. The van der Waals surface area contributed by atoms with Gasteiger partial charge in [0.25, 0.3) is 5.91 Å². The number of carboxylic acid groups (broad SMARTS) is 1. The van der Waals surface area contributed by atoms with Crippen LogP contribution in [0.3, 0.4) is 0 Å². The molecule has 0 aliphatic carbocycles. The van der Waals surface area contributed by atoms with E-state index < -0.39 is 17.9 Å². The minimum absolute atomic E-state index is 0.179. The smallest absolute Gasteiger partial charge is 0.305 e. The molecule has 1 unspecified atom stereocenters. The number of carbonyl (C=O) groups excluding carboxylic acids is 2. The minimum atomic E-state index is -0.991. The summed E-state index contributed by atoms with van der Waals surface area (Å²) in [7, 11) is 0. The normalized spacial score (nSPS) is 18.3. The zero-order valence-electron chi connectivity index (χ0n) is 11.3. The van der Waals surface area contributed by atoms with E-state index >= 15 is 0 Å². The predicted molar refractivity (Wildman–Crippen MR) is 72.9 cm³/mol. The molecule has 1 heterocycles. The highest BCUT2D eigenvalue weighted by molar-refractivity contribution is 5.99. The SMILES string of the molecule is NC(=O)c1cccc(C(=O)N2CCOCC2CC(=O)O)c1. The summed E-state index contributed by atoms with van der Waals surface area (Å²) in [4.78, 5) is 36.0. The minimum Gasteiger partial charge on any atom is -0.481 e. The number of morpholine rings is 1. The number of ether oxygens (including phenoxy) is 1. The van der Waals surface area contributed by atoms with Gasteiger partial charge in [0, 0.05) is 17.7 Å². The number of rotatable bonds is 4. The molecule has 2 rings (SSSR count). The van der Waals surface area contributed by atoms with Crippen molar-refractivity contribution in [2.24, 2.45) is 5.73 Å². The molecule has 21 heavy (non-hydrogen) atoms. The molecule has 1 atom stereocenters. The van der Waals surface area contributed by atoms with E-state index in [0.29, 0.717) is 18.7 Å². The summed E-state index contributed by atoms with van der Waals surface area (Å²) in [6.07, 6.45) is -0.179. The summed E-state index contributed by atoms with van der Waals surface area (Å²) in [5, 5.41) is 8.90. The van der Waals surface area contributed by atoms with Gasteiger partial charge in [0.05, 0.1) is 25.7 Å². The van der Waals surface area contributed by atoms with Crippen LogP contribution in [0, 0.1) is 0 Å². The van der Waals surface area contributed by atoms with Gasteiger partial charge in [-0.3, -0.25) is 14.4 Å². The molecule has 1 aliphatic rings. The number of hydrogen-bond acceptors (Lipinski definition) is 4. The maximum atomic E-state index is 12.5. The number of carboxylic acids is 1. The first-order valence-electron chi connectivity index (χ1n) is 6.49. The number of nitrogens with zero attached hydrogens (tertiary/aromatic N) is 1. The van der Waals surface area contributed by atoms with E-state index in [1.54, 1.807) is 12.1 Å². The van der Waals surface area contributed by atoms with E-state index in [1.165, 1.54) is 17.0 Å². The summed E-state index contributed by atoms with van der Waals surface area (Å²) < 4.78 is 5.23. The second-order valence-corrected chi connectivity index (χ2v) is 4.77. The molecule has 1 aromatic rings. The van der Waals surface area contributed by atoms with Gasteiger partial charge in [-0.2, -0.15) is 0 Å². The number of carbonyl (C=O) groups is 3. The first kappa shape index (κ1) is 15.0. The summed E-state index contributed by atoms with van der Waals surface area (Å²) in [5.41, 5.74) is 5.74. The number of hydrogen-bond donors (Lipinski definition) is 2. The maximum Gasteiger partial charge on any atom is 0.305 e. The zero-order chi connectivity index (χ0) is 15.4. The Hall–Kier alpha value is -2.41. The maximum absolute atomic E-state index is 12.5. The van der Waals surface area contributed by atoms with Crippen molar-refractivity contribution in [1.82, 2.24) is 4.90 Å². The highest BCUT2D eigenvalue weighted by Gasteiger charge is 2.29. The van der Waals surface area contributed by atoms with Crippen LogP contribution >= 0.6 is 0 Å². The highest BCUT2D eigenvalue weighted by Crippen LogP contribution is 2.16. The van der Waals surface area contributed by atoms with E-state index in [-0.39, 0.29) is 24.5 Å². The fraction of sp³-hybridized carbons (Fsp3) is 0.357. The topological polar surface area (TPSA) is 110 Å². The van der Waals surface area contributed by atoms with Gasteiger partial charge in [-0.05, 0) is 18.2 Å². The Morgan fingerprint density at radius 2 is 2.05 bits per heavy atom. The van der Waals surface area contributed by atoms with Gasteiger partial charge >= 0.3 is 5.97 Å². The number of benzene rings is 1. The highest BCUT2D eigenvalue weighted by atomic mass is 16.5. The van der Waals surface area contributed by atoms with Gasteiger partial charge in [0.15, 0.2) is 0 Å². The van der Waals surface area contributed by atoms with Gasteiger partial charge < -0.3 is 20.5 Å². The molecular formula is C14H16N2O5. The van der Waals surface area contributed by atoms with Gasteiger partial charge in [-0.25, -0.2) is 0 Å². The van der Waals surface area contributed by atoms with Crippen LogP contribution in [0.2, 0.25) is 0 Å². The summed E-state index contributed by atoms with van der Waals surface area (Å²) in [6, 6.07) is 5.56. The Morgan fingerprint density at radius 1 is 1.33 bits per heavy atom. The van der Waals surface area contributed by atoms with Crippen LogP contribution in [0.15, 0.2) is 24.3 Å². The molecule has 0 bridgehead atoms. The lowest BCUT2D eigenvalue weighted by Crippen LogP contribution is -2.49. The number of aliphatic carboxylic acids is 1. The molecular weight excluding hydrogens is 276 g/mol. The second kappa shape index (κ2) is 6.36. The van der Waals surface area contributed by atoms with E-state index in [9.17, 15) is 14.4 Å². The molecule has 0 saturated carbocycles. The molecule has 7 nitrogen and oxygen atoms in total. The average molecular weight is 292 g/mol. The average Bonchev–Trinajstić information content (AvgIpc) is 2.46. The van der Waals surface area contributed by atoms with Crippen molar-refractivity contribution in [3.8, 4) is 0 Å². The number of amides is 2. The Morgan fingerprint density at radius 3 is 2.71 bits per heavy atom. The largest absolute Gasteiger partial charge is 0.481 e. The van der Waals surface area contributed by atoms with Crippen LogP contribution in [-0.2, 0) is 9.53 Å². The number of primary amides is 1. The van der Waals surface area contributed by atoms with E-state index in [4.69, 9.17) is 15.6 Å². The van der Waals surface area contributed by atoms with Crippen molar-refractivity contribution in [3.05, 3.63) is 35.4 Å². The molecule has 2 amide bonds. The van der Waals surface area contributed by atoms with Crippen molar-refractivity contribution in [3.63, 3.8) is 0 Å². The van der Waals surface area contributed by atoms with Gasteiger partial charge in [0.2, 0.25) is 5.91 Å².